The number of carboxylic acid groups (broad SMARTS) is 1. The first-order valence-corrected chi connectivity index (χ1v) is 12.1. The zero-order chi connectivity index (χ0) is 26.4. The molecular formula is C25H29F3N4O5. The second-order valence-electron chi connectivity index (χ2n) is 9.13. The zero-order valence-corrected chi connectivity index (χ0v) is 20.1. The molecule has 0 bridgehead atoms. The van der Waals surface area contributed by atoms with E-state index in [1.165, 1.54) is 0 Å². The lowest BCUT2D eigenvalue weighted by Gasteiger charge is -2.28. The molecule has 0 radical (unpaired) electrons. The number of furan rings is 1. The molecular weight excluding hydrogens is 493 g/mol. The lowest BCUT2D eigenvalue weighted by Crippen LogP contribution is -2.38. The van der Waals surface area contributed by atoms with Gasteiger partial charge in [0, 0.05) is 25.0 Å². The molecule has 2 aromatic heterocycles. The SMILES string of the molecule is O=C(NC1CCCC(c2nc3ccccc3[nH]2)C1)c1ccc(CN2CCOCC2)o1.O=C(O)C(F)(F)F. The number of carbonyl (C=O) groups is 2. The van der Waals surface area contributed by atoms with Gasteiger partial charge < -0.3 is 24.6 Å². The van der Waals surface area contributed by atoms with Crippen LogP contribution in [0.4, 0.5) is 13.2 Å². The van der Waals surface area contributed by atoms with Gasteiger partial charge in [-0.3, -0.25) is 9.69 Å². The van der Waals surface area contributed by atoms with Crippen LogP contribution in [0.2, 0.25) is 0 Å². The number of halogens is 3. The Kier molecular flexibility index (Phi) is 8.49. The van der Waals surface area contributed by atoms with Crippen molar-refractivity contribution in [1.82, 2.24) is 20.2 Å². The summed E-state index contributed by atoms with van der Waals surface area (Å²) >= 11 is 0. The van der Waals surface area contributed by atoms with Crippen LogP contribution in [0.15, 0.2) is 40.8 Å². The smallest absolute Gasteiger partial charge is 0.475 e. The third-order valence-electron chi connectivity index (χ3n) is 6.41. The van der Waals surface area contributed by atoms with Gasteiger partial charge in [-0.05, 0) is 43.5 Å². The van der Waals surface area contributed by atoms with Crippen LogP contribution < -0.4 is 5.32 Å². The Morgan fingerprint density at radius 3 is 2.57 bits per heavy atom. The van der Waals surface area contributed by atoms with Crippen LogP contribution in [0, 0.1) is 0 Å². The molecule has 1 saturated heterocycles. The number of carbonyl (C=O) groups excluding carboxylic acids is 1. The number of benzene rings is 1. The first-order chi connectivity index (χ1) is 17.7. The lowest BCUT2D eigenvalue weighted by atomic mass is 9.85. The van der Waals surface area contributed by atoms with Crippen molar-refractivity contribution in [2.24, 2.45) is 0 Å². The Bertz CT molecular complexity index is 1170. The summed E-state index contributed by atoms with van der Waals surface area (Å²) in [4.78, 5) is 32.1. The van der Waals surface area contributed by atoms with Crippen molar-refractivity contribution in [1.29, 1.82) is 0 Å². The molecule has 3 heterocycles. The first kappa shape index (κ1) is 26.7. The number of nitrogens with zero attached hydrogens (tertiary/aromatic N) is 2. The number of fused-ring (bicyclic) bond motifs is 1. The molecule has 2 atom stereocenters. The number of aliphatic carboxylic acids is 1. The fourth-order valence-corrected chi connectivity index (χ4v) is 4.56. The Morgan fingerprint density at radius 2 is 1.86 bits per heavy atom. The second kappa shape index (κ2) is 11.8. The first-order valence-electron chi connectivity index (χ1n) is 12.1. The molecule has 0 spiro atoms. The molecule has 1 aliphatic heterocycles. The molecule has 1 aromatic carbocycles. The van der Waals surface area contributed by atoms with E-state index in [2.05, 4.69) is 21.3 Å². The molecule has 3 aromatic rings. The Balaban J connectivity index is 0.000000405. The summed E-state index contributed by atoms with van der Waals surface area (Å²) in [5, 5.41) is 10.3. The average molecular weight is 523 g/mol. The predicted molar refractivity (Wildman–Crippen MR) is 127 cm³/mol. The number of aromatic amines is 1. The van der Waals surface area contributed by atoms with Crippen LogP contribution in [0.3, 0.4) is 0 Å². The van der Waals surface area contributed by atoms with Gasteiger partial charge in [-0.1, -0.05) is 18.6 Å². The van der Waals surface area contributed by atoms with Crippen molar-refractivity contribution >= 4 is 22.9 Å². The minimum absolute atomic E-state index is 0.126. The molecule has 1 amide bonds. The fourth-order valence-electron chi connectivity index (χ4n) is 4.56. The topological polar surface area (TPSA) is 121 Å². The summed E-state index contributed by atoms with van der Waals surface area (Å²) in [6.07, 6.45) is -1.03. The third-order valence-corrected chi connectivity index (χ3v) is 6.41. The van der Waals surface area contributed by atoms with Gasteiger partial charge in [0.25, 0.3) is 5.91 Å². The number of H-pyrrole nitrogens is 1. The summed E-state index contributed by atoms with van der Waals surface area (Å²) < 4.78 is 42.9. The fraction of sp³-hybridized carbons (Fsp3) is 0.480. The number of aromatic nitrogens is 2. The third kappa shape index (κ3) is 7.32. The minimum atomic E-state index is -5.08. The molecule has 3 N–H and O–H groups in total. The normalized spacial score (nSPS) is 20.7. The van der Waals surface area contributed by atoms with Crippen LogP contribution in [-0.4, -0.2) is 70.4 Å². The van der Waals surface area contributed by atoms with Gasteiger partial charge in [-0.15, -0.1) is 0 Å². The highest BCUT2D eigenvalue weighted by atomic mass is 19.4. The van der Waals surface area contributed by atoms with Gasteiger partial charge in [-0.25, -0.2) is 9.78 Å². The molecule has 37 heavy (non-hydrogen) atoms. The van der Waals surface area contributed by atoms with E-state index in [1.807, 2.05) is 24.3 Å². The number of carboxylic acids is 1. The maximum absolute atomic E-state index is 12.7. The van der Waals surface area contributed by atoms with Crippen LogP contribution in [-0.2, 0) is 16.1 Å². The highest BCUT2D eigenvalue weighted by Crippen LogP contribution is 2.32. The van der Waals surface area contributed by atoms with Crippen LogP contribution >= 0.6 is 0 Å². The van der Waals surface area contributed by atoms with Crippen molar-refractivity contribution < 1.29 is 37.0 Å². The minimum Gasteiger partial charge on any atom is -0.475 e. The van der Waals surface area contributed by atoms with Gasteiger partial charge in [0.05, 0.1) is 30.8 Å². The number of alkyl halides is 3. The molecule has 2 fully saturated rings. The van der Waals surface area contributed by atoms with E-state index in [9.17, 15) is 18.0 Å². The van der Waals surface area contributed by atoms with Gasteiger partial charge >= 0.3 is 12.1 Å². The van der Waals surface area contributed by atoms with Crippen LogP contribution in [0.5, 0.6) is 0 Å². The number of ether oxygens (including phenoxy) is 1. The van der Waals surface area contributed by atoms with E-state index in [-0.39, 0.29) is 11.9 Å². The maximum atomic E-state index is 12.7. The zero-order valence-electron chi connectivity index (χ0n) is 20.1. The van der Waals surface area contributed by atoms with E-state index in [4.69, 9.17) is 24.0 Å². The Morgan fingerprint density at radius 1 is 1.14 bits per heavy atom. The van der Waals surface area contributed by atoms with Crippen molar-refractivity contribution in [3.8, 4) is 0 Å². The van der Waals surface area contributed by atoms with Crippen molar-refractivity contribution in [2.45, 2.75) is 50.4 Å². The lowest BCUT2D eigenvalue weighted by molar-refractivity contribution is -0.192. The molecule has 12 heteroatoms. The molecule has 1 saturated carbocycles. The second-order valence-corrected chi connectivity index (χ2v) is 9.13. The molecule has 200 valence electrons. The standard InChI is InChI=1S/C23H28N4O3.C2HF3O2/c28-23(21-9-8-18(30-21)15-27-10-12-29-13-11-27)24-17-5-3-4-16(14-17)22-25-19-6-1-2-7-20(19)26-22;3-2(4,5)1(6)7/h1-2,6-9,16-17H,3-5,10-15H2,(H,24,28)(H,25,26);(H,6,7). The highest BCUT2D eigenvalue weighted by molar-refractivity contribution is 5.91. The van der Waals surface area contributed by atoms with E-state index in [1.54, 1.807) is 6.07 Å². The number of para-hydroxylation sites is 2. The number of hydrogen-bond donors (Lipinski definition) is 3. The van der Waals surface area contributed by atoms with E-state index in [0.717, 1.165) is 74.6 Å². The monoisotopic (exact) mass is 522 g/mol. The van der Waals surface area contributed by atoms with Crippen molar-refractivity contribution in [3.05, 3.63) is 53.7 Å². The summed E-state index contributed by atoms with van der Waals surface area (Å²) in [6.45, 7) is 4.01. The number of morpholine rings is 1. The largest absolute Gasteiger partial charge is 0.490 e. The molecule has 2 unspecified atom stereocenters. The highest BCUT2D eigenvalue weighted by Gasteiger charge is 2.38. The maximum Gasteiger partial charge on any atom is 0.490 e. The van der Waals surface area contributed by atoms with E-state index >= 15 is 0 Å². The predicted octanol–water partition coefficient (Wildman–Crippen LogP) is 4.08. The van der Waals surface area contributed by atoms with E-state index < -0.39 is 12.1 Å². The van der Waals surface area contributed by atoms with Crippen molar-refractivity contribution in [3.63, 3.8) is 0 Å². The average Bonchev–Trinajstić information content (AvgIpc) is 3.52. The van der Waals surface area contributed by atoms with Gasteiger partial charge in [0.15, 0.2) is 5.76 Å². The Hall–Kier alpha value is -3.38. The number of imidazole rings is 1. The van der Waals surface area contributed by atoms with Crippen molar-refractivity contribution in [2.75, 3.05) is 26.3 Å². The van der Waals surface area contributed by atoms with Gasteiger partial charge in [-0.2, -0.15) is 13.2 Å². The summed E-state index contributed by atoms with van der Waals surface area (Å²) in [5.74, 6) is -0.299. The van der Waals surface area contributed by atoms with Gasteiger partial charge in [0.1, 0.15) is 11.6 Å². The van der Waals surface area contributed by atoms with Crippen LogP contribution in [0.1, 0.15) is 53.7 Å². The number of rotatable bonds is 5. The summed E-state index contributed by atoms with van der Waals surface area (Å²) in [7, 11) is 0. The number of nitrogens with one attached hydrogen (secondary N) is 2. The van der Waals surface area contributed by atoms with Crippen LogP contribution in [0.25, 0.3) is 11.0 Å². The summed E-state index contributed by atoms with van der Waals surface area (Å²) in [6, 6.07) is 11.9. The molecule has 2 aliphatic rings. The molecule has 1 aliphatic carbocycles. The number of hydrogen-bond acceptors (Lipinski definition) is 6. The quantitative estimate of drug-likeness (QED) is 0.462. The summed E-state index contributed by atoms with van der Waals surface area (Å²) in [5.41, 5.74) is 2.07. The molecule has 9 nitrogen and oxygen atoms in total. The molecule has 5 rings (SSSR count). The van der Waals surface area contributed by atoms with E-state index in [0.29, 0.717) is 18.2 Å². The number of amides is 1. The Labute approximate surface area is 211 Å². The van der Waals surface area contributed by atoms with Gasteiger partial charge in [0.2, 0.25) is 0 Å².